The molecule has 2 heterocycles. The second-order valence-corrected chi connectivity index (χ2v) is 7.31. The highest BCUT2D eigenvalue weighted by molar-refractivity contribution is 6.23. The highest BCUT2D eigenvalue weighted by Gasteiger charge is 2.41. The lowest BCUT2D eigenvalue weighted by atomic mass is 10.1. The number of rotatable bonds is 5. The van der Waals surface area contributed by atoms with E-state index in [4.69, 9.17) is 0 Å². The Balaban J connectivity index is 1.35. The van der Waals surface area contributed by atoms with Gasteiger partial charge >= 0.3 is 0 Å². The molecule has 1 fully saturated rings. The van der Waals surface area contributed by atoms with Crippen molar-refractivity contribution >= 4 is 29.1 Å². The number of halogens is 1. The Morgan fingerprint density at radius 2 is 1.68 bits per heavy atom. The minimum atomic E-state index is -0.749. The molecule has 4 rings (SSSR count). The molecule has 0 saturated carbocycles. The predicted octanol–water partition coefficient (Wildman–Crippen LogP) is 2.07. The summed E-state index contributed by atoms with van der Waals surface area (Å²) in [5.41, 5.74) is 0.222. The van der Waals surface area contributed by atoms with Gasteiger partial charge in [0.1, 0.15) is 11.4 Å². The topological polar surface area (TPSA) is 104 Å². The van der Waals surface area contributed by atoms with Crippen molar-refractivity contribution < 1.29 is 23.7 Å². The van der Waals surface area contributed by atoms with Gasteiger partial charge in [0.2, 0.25) is 5.91 Å². The Morgan fingerprint density at radius 3 is 2.32 bits per heavy atom. The number of benzene rings is 2. The van der Waals surface area contributed by atoms with Crippen molar-refractivity contribution in [2.45, 2.75) is 6.42 Å². The van der Waals surface area contributed by atoms with Crippen molar-refractivity contribution in [3.63, 3.8) is 0 Å². The lowest BCUT2D eigenvalue weighted by Crippen LogP contribution is -2.49. The smallest absolute Gasteiger partial charge is 0.282 e. The van der Waals surface area contributed by atoms with Crippen LogP contribution in [-0.4, -0.2) is 65.2 Å². The van der Waals surface area contributed by atoms with Crippen LogP contribution in [0.25, 0.3) is 0 Å². The van der Waals surface area contributed by atoms with E-state index >= 15 is 0 Å². The van der Waals surface area contributed by atoms with E-state index in [1.54, 1.807) is 17.0 Å². The molecule has 31 heavy (non-hydrogen) atoms. The molecule has 160 valence electrons. The van der Waals surface area contributed by atoms with Gasteiger partial charge in [-0.3, -0.25) is 29.4 Å². The fourth-order valence-electron chi connectivity index (χ4n) is 3.90. The van der Waals surface area contributed by atoms with Crippen LogP contribution in [0.4, 0.5) is 15.8 Å². The summed E-state index contributed by atoms with van der Waals surface area (Å²) in [6.07, 6.45) is -0.0597. The maximum Gasteiger partial charge on any atom is 0.282 e. The maximum absolute atomic E-state index is 13.1. The first-order chi connectivity index (χ1) is 14.9. The van der Waals surface area contributed by atoms with Gasteiger partial charge in [0, 0.05) is 50.9 Å². The molecule has 2 aliphatic heterocycles. The van der Waals surface area contributed by atoms with Crippen LogP contribution in [0, 0.1) is 15.9 Å². The number of amides is 3. The number of piperazine rings is 1. The molecule has 2 aromatic rings. The van der Waals surface area contributed by atoms with Gasteiger partial charge in [-0.2, -0.15) is 0 Å². The summed E-state index contributed by atoms with van der Waals surface area (Å²) in [6.45, 7) is 1.95. The zero-order chi connectivity index (χ0) is 22.1. The summed E-state index contributed by atoms with van der Waals surface area (Å²) in [5.74, 6) is -1.89. The quantitative estimate of drug-likeness (QED) is 0.412. The molecule has 0 unspecified atom stereocenters. The first-order valence-corrected chi connectivity index (χ1v) is 9.78. The van der Waals surface area contributed by atoms with Crippen LogP contribution in [0.1, 0.15) is 27.1 Å². The molecular weight excluding hydrogens is 407 g/mol. The van der Waals surface area contributed by atoms with Crippen molar-refractivity contribution in [2.75, 3.05) is 37.6 Å². The van der Waals surface area contributed by atoms with Gasteiger partial charge in [0.25, 0.3) is 17.5 Å². The molecule has 0 atom stereocenters. The summed E-state index contributed by atoms with van der Waals surface area (Å²) in [6, 6.07) is 10.1. The molecule has 0 aliphatic carbocycles. The van der Waals surface area contributed by atoms with E-state index in [1.165, 1.54) is 30.3 Å². The lowest BCUT2D eigenvalue weighted by molar-refractivity contribution is -0.385. The molecule has 0 aromatic heterocycles. The Bertz CT molecular complexity index is 1060. The van der Waals surface area contributed by atoms with Gasteiger partial charge in [-0.1, -0.05) is 6.07 Å². The molecule has 0 radical (unpaired) electrons. The van der Waals surface area contributed by atoms with Crippen LogP contribution >= 0.6 is 0 Å². The summed E-state index contributed by atoms with van der Waals surface area (Å²) in [5, 5.41) is 11.2. The standard InChI is InChI=1S/C21H19FN4O5/c22-14-4-6-15(7-5-14)23-10-12-24(13-11-23)18(27)8-9-25-20(28)16-2-1-3-17(26(30)31)19(16)21(25)29/h1-7H,8-13H2. The third-order valence-corrected chi connectivity index (χ3v) is 5.55. The van der Waals surface area contributed by atoms with Gasteiger partial charge in [0.15, 0.2) is 0 Å². The van der Waals surface area contributed by atoms with E-state index in [1.807, 2.05) is 4.90 Å². The van der Waals surface area contributed by atoms with Gasteiger partial charge in [-0.15, -0.1) is 0 Å². The fourth-order valence-corrected chi connectivity index (χ4v) is 3.90. The lowest BCUT2D eigenvalue weighted by Gasteiger charge is -2.36. The summed E-state index contributed by atoms with van der Waals surface area (Å²) >= 11 is 0. The molecule has 0 N–H and O–H groups in total. The SMILES string of the molecule is O=C(CCN1C(=O)c2cccc([N+](=O)[O-])c2C1=O)N1CCN(c2ccc(F)cc2)CC1. The number of carbonyl (C=O) groups is 3. The van der Waals surface area contributed by atoms with Gasteiger partial charge in [0.05, 0.1) is 10.5 Å². The summed E-state index contributed by atoms with van der Waals surface area (Å²) in [4.78, 5) is 52.8. The number of nitro groups is 1. The molecule has 9 nitrogen and oxygen atoms in total. The predicted molar refractivity (Wildman–Crippen MR) is 108 cm³/mol. The van der Waals surface area contributed by atoms with Crippen LogP contribution in [0.5, 0.6) is 0 Å². The number of nitro benzene ring substituents is 1. The summed E-state index contributed by atoms with van der Waals surface area (Å²) in [7, 11) is 0. The van der Waals surface area contributed by atoms with Crippen molar-refractivity contribution in [2.24, 2.45) is 0 Å². The zero-order valence-corrected chi connectivity index (χ0v) is 16.5. The fraction of sp³-hybridized carbons (Fsp3) is 0.286. The van der Waals surface area contributed by atoms with E-state index in [0.29, 0.717) is 26.2 Å². The van der Waals surface area contributed by atoms with Crippen LogP contribution < -0.4 is 4.90 Å². The van der Waals surface area contributed by atoms with E-state index in [-0.39, 0.29) is 35.8 Å². The Morgan fingerprint density at radius 1 is 1.00 bits per heavy atom. The number of hydrogen-bond acceptors (Lipinski definition) is 6. The Labute approximate surface area is 176 Å². The van der Waals surface area contributed by atoms with E-state index < -0.39 is 22.4 Å². The van der Waals surface area contributed by atoms with Gasteiger partial charge < -0.3 is 9.80 Å². The highest BCUT2D eigenvalue weighted by atomic mass is 19.1. The Hall–Kier alpha value is -3.82. The number of anilines is 1. The first-order valence-electron chi connectivity index (χ1n) is 9.78. The third kappa shape index (κ3) is 3.83. The van der Waals surface area contributed by atoms with Crippen LogP contribution in [0.2, 0.25) is 0 Å². The van der Waals surface area contributed by atoms with Gasteiger partial charge in [-0.05, 0) is 30.3 Å². The minimum absolute atomic E-state index is 0.0143. The number of nitrogens with zero attached hydrogens (tertiary/aromatic N) is 4. The van der Waals surface area contributed by atoms with Gasteiger partial charge in [-0.25, -0.2) is 4.39 Å². The number of fused-ring (bicyclic) bond motifs is 1. The van der Waals surface area contributed by atoms with Crippen molar-refractivity contribution in [3.05, 3.63) is 69.5 Å². The number of hydrogen-bond donors (Lipinski definition) is 0. The van der Waals surface area contributed by atoms with E-state index in [9.17, 15) is 28.9 Å². The molecule has 2 aliphatic rings. The van der Waals surface area contributed by atoms with Crippen LogP contribution in [-0.2, 0) is 4.79 Å². The van der Waals surface area contributed by atoms with Crippen molar-refractivity contribution in [1.82, 2.24) is 9.80 Å². The highest BCUT2D eigenvalue weighted by Crippen LogP contribution is 2.30. The summed E-state index contributed by atoms with van der Waals surface area (Å²) < 4.78 is 13.1. The molecule has 10 heteroatoms. The van der Waals surface area contributed by atoms with Crippen LogP contribution in [0.15, 0.2) is 42.5 Å². The third-order valence-electron chi connectivity index (χ3n) is 5.55. The molecule has 0 bridgehead atoms. The monoisotopic (exact) mass is 426 g/mol. The normalized spacial score (nSPS) is 16.0. The van der Waals surface area contributed by atoms with Crippen LogP contribution in [0.3, 0.4) is 0 Å². The van der Waals surface area contributed by atoms with E-state index in [0.717, 1.165) is 10.6 Å². The largest absolute Gasteiger partial charge is 0.368 e. The average molecular weight is 426 g/mol. The Kier molecular flexibility index (Phi) is 5.37. The van der Waals surface area contributed by atoms with Crippen molar-refractivity contribution in [1.29, 1.82) is 0 Å². The number of imide groups is 1. The second kappa shape index (κ2) is 8.13. The van der Waals surface area contributed by atoms with Crippen molar-refractivity contribution in [3.8, 4) is 0 Å². The first kappa shape index (κ1) is 20.5. The second-order valence-electron chi connectivity index (χ2n) is 7.31. The number of carbonyl (C=O) groups excluding carboxylic acids is 3. The van der Waals surface area contributed by atoms with E-state index in [2.05, 4.69) is 0 Å². The molecule has 0 spiro atoms. The zero-order valence-electron chi connectivity index (χ0n) is 16.5. The molecule has 3 amide bonds. The average Bonchev–Trinajstić information content (AvgIpc) is 3.02. The molecular formula is C21H19FN4O5. The molecule has 2 aromatic carbocycles. The minimum Gasteiger partial charge on any atom is -0.368 e. The molecule has 1 saturated heterocycles. The maximum atomic E-state index is 13.1.